The molecule has 2 atom stereocenters. The third-order valence-corrected chi connectivity index (χ3v) is 3.65. The van der Waals surface area contributed by atoms with Crippen molar-refractivity contribution < 1.29 is 14.6 Å². The van der Waals surface area contributed by atoms with Crippen LogP contribution in [0.4, 0.5) is 4.79 Å². The van der Waals surface area contributed by atoms with Gasteiger partial charge in [0.15, 0.2) is 0 Å². The lowest BCUT2D eigenvalue weighted by Crippen LogP contribution is -2.39. The summed E-state index contributed by atoms with van der Waals surface area (Å²) in [6, 6.07) is 0.343. The maximum Gasteiger partial charge on any atom is 0.410 e. The van der Waals surface area contributed by atoms with E-state index < -0.39 is 5.60 Å². The number of carbonyl (C=O) groups is 1. The van der Waals surface area contributed by atoms with Crippen LogP contribution in [0.3, 0.4) is 0 Å². The molecule has 1 aliphatic heterocycles. The molecule has 2 unspecified atom stereocenters. The summed E-state index contributed by atoms with van der Waals surface area (Å²) >= 11 is 0. The molecule has 5 nitrogen and oxygen atoms in total. The van der Waals surface area contributed by atoms with Crippen LogP contribution in [0.15, 0.2) is 0 Å². The van der Waals surface area contributed by atoms with E-state index in [0.29, 0.717) is 18.5 Å². The minimum absolute atomic E-state index is 0.218. The molecule has 1 aliphatic rings. The first-order valence-corrected chi connectivity index (χ1v) is 7.68. The summed E-state index contributed by atoms with van der Waals surface area (Å²) < 4.78 is 5.38. The Kier molecular flexibility index (Phi) is 6.76. The minimum Gasteiger partial charge on any atom is -0.444 e. The molecular weight excluding hydrogens is 256 g/mol. The molecule has 0 radical (unpaired) electrons. The van der Waals surface area contributed by atoms with Crippen molar-refractivity contribution in [2.75, 3.05) is 26.2 Å². The van der Waals surface area contributed by atoms with E-state index in [4.69, 9.17) is 9.84 Å². The van der Waals surface area contributed by atoms with Crippen molar-refractivity contribution in [3.05, 3.63) is 0 Å². The Morgan fingerprint density at radius 3 is 2.75 bits per heavy atom. The van der Waals surface area contributed by atoms with Crippen LogP contribution in [0.25, 0.3) is 0 Å². The van der Waals surface area contributed by atoms with Crippen molar-refractivity contribution in [2.45, 2.75) is 58.6 Å². The monoisotopic (exact) mass is 286 g/mol. The highest BCUT2D eigenvalue weighted by Gasteiger charge is 2.29. The lowest BCUT2D eigenvalue weighted by atomic mass is 10.0. The molecule has 20 heavy (non-hydrogen) atoms. The Balaban J connectivity index is 2.31. The fourth-order valence-corrected chi connectivity index (χ4v) is 2.39. The summed E-state index contributed by atoms with van der Waals surface area (Å²) in [7, 11) is 0. The first kappa shape index (κ1) is 17.2. The number of rotatable bonds is 6. The maximum absolute atomic E-state index is 11.9. The molecule has 1 rings (SSSR count). The predicted octanol–water partition coefficient (Wildman–Crippen LogP) is 1.99. The SMILES string of the molecule is CCC(CCO)CNC1CCN(C(=O)OC(C)(C)C)C1. The van der Waals surface area contributed by atoms with Crippen LogP contribution in [-0.2, 0) is 4.74 Å². The van der Waals surface area contributed by atoms with Crippen LogP contribution in [0, 0.1) is 5.92 Å². The fourth-order valence-electron chi connectivity index (χ4n) is 2.39. The van der Waals surface area contributed by atoms with E-state index in [0.717, 1.165) is 32.4 Å². The number of amides is 1. The number of hydrogen-bond donors (Lipinski definition) is 2. The third-order valence-electron chi connectivity index (χ3n) is 3.65. The number of aliphatic hydroxyl groups is 1. The van der Waals surface area contributed by atoms with Gasteiger partial charge in [-0.15, -0.1) is 0 Å². The van der Waals surface area contributed by atoms with Crippen molar-refractivity contribution in [3.63, 3.8) is 0 Å². The Morgan fingerprint density at radius 2 is 2.20 bits per heavy atom. The van der Waals surface area contributed by atoms with E-state index in [1.54, 1.807) is 4.90 Å². The summed E-state index contributed by atoms with van der Waals surface area (Å²) in [5, 5.41) is 12.5. The molecule has 0 saturated carbocycles. The molecule has 0 aromatic rings. The van der Waals surface area contributed by atoms with Crippen LogP contribution >= 0.6 is 0 Å². The second kappa shape index (κ2) is 7.84. The maximum atomic E-state index is 11.9. The van der Waals surface area contributed by atoms with Gasteiger partial charge >= 0.3 is 6.09 Å². The van der Waals surface area contributed by atoms with Gasteiger partial charge in [-0.3, -0.25) is 0 Å². The average Bonchev–Trinajstić information content (AvgIpc) is 2.81. The highest BCUT2D eigenvalue weighted by molar-refractivity contribution is 5.68. The van der Waals surface area contributed by atoms with Gasteiger partial charge in [0.05, 0.1) is 0 Å². The van der Waals surface area contributed by atoms with Crippen molar-refractivity contribution >= 4 is 6.09 Å². The summed E-state index contributed by atoms with van der Waals surface area (Å²) in [4.78, 5) is 13.7. The molecule has 1 heterocycles. The van der Waals surface area contributed by atoms with E-state index >= 15 is 0 Å². The van der Waals surface area contributed by atoms with Crippen LogP contribution in [0.5, 0.6) is 0 Å². The number of nitrogens with one attached hydrogen (secondary N) is 1. The number of hydrogen-bond acceptors (Lipinski definition) is 4. The van der Waals surface area contributed by atoms with Crippen molar-refractivity contribution in [3.8, 4) is 0 Å². The highest BCUT2D eigenvalue weighted by Crippen LogP contribution is 2.16. The number of carbonyl (C=O) groups excluding carboxylic acids is 1. The molecule has 2 N–H and O–H groups in total. The Hall–Kier alpha value is -0.810. The normalized spacial score (nSPS) is 21.1. The van der Waals surface area contributed by atoms with Gasteiger partial charge in [0.25, 0.3) is 0 Å². The second-order valence-electron chi connectivity index (χ2n) is 6.61. The average molecular weight is 286 g/mol. The van der Waals surface area contributed by atoms with E-state index in [1.807, 2.05) is 20.8 Å². The fraction of sp³-hybridized carbons (Fsp3) is 0.933. The molecular formula is C15H30N2O3. The Morgan fingerprint density at radius 1 is 1.50 bits per heavy atom. The summed E-state index contributed by atoms with van der Waals surface area (Å²) in [5.41, 5.74) is -0.434. The number of ether oxygens (including phenoxy) is 1. The van der Waals surface area contributed by atoms with Gasteiger partial charge in [-0.25, -0.2) is 4.79 Å². The Bertz CT molecular complexity index is 302. The molecule has 1 saturated heterocycles. The van der Waals surface area contributed by atoms with Crippen LogP contribution in [-0.4, -0.2) is 54.0 Å². The lowest BCUT2D eigenvalue weighted by molar-refractivity contribution is 0.0291. The molecule has 1 amide bonds. The van der Waals surface area contributed by atoms with E-state index in [1.165, 1.54) is 0 Å². The van der Waals surface area contributed by atoms with Gasteiger partial charge in [0.2, 0.25) is 0 Å². The first-order valence-electron chi connectivity index (χ1n) is 7.68. The van der Waals surface area contributed by atoms with Gasteiger partial charge in [-0.1, -0.05) is 13.3 Å². The van der Waals surface area contributed by atoms with Crippen LogP contribution in [0.2, 0.25) is 0 Å². The van der Waals surface area contributed by atoms with Gasteiger partial charge < -0.3 is 20.1 Å². The van der Waals surface area contributed by atoms with Crippen molar-refractivity contribution in [1.82, 2.24) is 10.2 Å². The zero-order chi connectivity index (χ0) is 15.2. The number of aliphatic hydroxyl groups excluding tert-OH is 1. The van der Waals surface area contributed by atoms with Crippen molar-refractivity contribution in [1.29, 1.82) is 0 Å². The predicted molar refractivity (Wildman–Crippen MR) is 79.7 cm³/mol. The van der Waals surface area contributed by atoms with E-state index in [2.05, 4.69) is 12.2 Å². The molecule has 0 aromatic carbocycles. The number of likely N-dealkylation sites (tertiary alicyclic amines) is 1. The molecule has 0 bridgehead atoms. The largest absolute Gasteiger partial charge is 0.444 e. The zero-order valence-corrected chi connectivity index (χ0v) is 13.3. The Labute approximate surface area is 122 Å². The standard InChI is InChI=1S/C15H30N2O3/c1-5-12(7-9-18)10-16-13-6-8-17(11-13)14(19)20-15(2,3)4/h12-13,16,18H,5-11H2,1-4H3. The third kappa shape index (κ3) is 6.09. The van der Waals surface area contributed by atoms with Gasteiger partial charge in [-0.2, -0.15) is 0 Å². The highest BCUT2D eigenvalue weighted by atomic mass is 16.6. The second-order valence-corrected chi connectivity index (χ2v) is 6.61. The van der Waals surface area contributed by atoms with Crippen LogP contribution < -0.4 is 5.32 Å². The van der Waals surface area contributed by atoms with E-state index in [-0.39, 0.29) is 12.7 Å². The van der Waals surface area contributed by atoms with E-state index in [9.17, 15) is 4.79 Å². The zero-order valence-electron chi connectivity index (χ0n) is 13.3. The molecule has 118 valence electrons. The van der Waals surface area contributed by atoms with Crippen LogP contribution in [0.1, 0.15) is 47.0 Å². The topological polar surface area (TPSA) is 61.8 Å². The van der Waals surface area contributed by atoms with Gasteiger partial charge in [0.1, 0.15) is 5.60 Å². The lowest BCUT2D eigenvalue weighted by Gasteiger charge is -2.24. The quantitative estimate of drug-likeness (QED) is 0.784. The van der Waals surface area contributed by atoms with Crippen molar-refractivity contribution in [2.24, 2.45) is 5.92 Å². The first-order chi connectivity index (χ1) is 9.35. The molecule has 1 fully saturated rings. The summed E-state index contributed by atoms with van der Waals surface area (Å²) in [6.45, 7) is 10.4. The summed E-state index contributed by atoms with van der Waals surface area (Å²) in [6.07, 6.45) is 2.65. The summed E-state index contributed by atoms with van der Waals surface area (Å²) in [5.74, 6) is 0.510. The molecule has 0 spiro atoms. The minimum atomic E-state index is -0.434. The number of nitrogens with zero attached hydrogens (tertiary/aromatic N) is 1. The molecule has 0 aromatic heterocycles. The molecule has 0 aliphatic carbocycles. The van der Waals surface area contributed by atoms with Gasteiger partial charge in [0, 0.05) is 25.7 Å². The molecule has 5 heteroatoms. The smallest absolute Gasteiger partial charge is 0.410 e. The van der Waals surface area contributed by atoms with Gasteiger partial charge in [-0.05, 0) is 46.1 Å².